The second kappa shape index (κ2) is 3.47. The third-order valence-corrected chi connectivity index (χ3v) is 4.99. The van der Waals surface area contributed by atoms with Crippen LogP contribution >= 0.6 is 0 Å². The predicted octanol–water partition coefficient (Wildman–Crippen LogP) is 3.38. The number of rotatable bonds is 0. The molecule has 1 saturated carbocycles. The van der Waals surface area contributed by atoms with E-state index in [2.05, 4.69) is 20.4 Å². The Morgan fingerprint density at radius 1 is 1.41 bits per heavy atom. The molecule has 2 aliphatic carbocycles. The van der Waals surface area contributed by atoms with Gasteiger partial charge in [0.15, 0.2) is 0 Å². The molecule has 1 heterocycles. The summed E-state index contributed by atoms with van der Waals surface area (Å²) >= 11 is 0. The lowest BCUT2D eigenvalue weighted by Crippen LogP contribution is -2.39. The van der Waals surface area contributed by atoms with Crippen LogP contribution in [-0.4, -0.2) is 12.1 Å². The third-order valence-electron chi connectivity index (χ3n) is 4.99. The average molecular weight is 232 g/mol. The number of allylic oxidation sites excluding steroid dienone is 1. The Balaban J connectivity index is 2.06. The van der Waals surface area contributed by atoms with Crippen molar-refractivity contribution in [2.45, 2.75) is 52.1 Å². The zero-order valence-electron chi connectivity index (χ0n) is 10.7. The van der Waals surface area contributed by atoms with E-state index in [4.69, 9.17) is 4.74 Å². The van der Waals surface area contributed by atoms with Crippen molar-refractivity contribution in [3.05, 3.63) is 23.3 Å². The summed E-state index contributed by atoms with van der Waals surface area (Å²) in [7, 11) is 0. The monoisotopic (exact) mass is 232 g/mol. The summed E-state index contributed by atoms with van der Waals surface area (Å²) in [5.41, 5.74) is 3.85. The van der Waals surface area contributed by atoms with Gasteiger partial charge < -0.3 is 4.74 Å². The fraction of sp³-hybridized carbons (Fsp3) is 0.667. The molecule has 1 aliphatic heterocycles. The molecule has 0 bridgehead atoms. The molecule has 2 heteroatoms. The Kier molecular flexibility index (Phi) is 2.26. The molecule has 0 aromatic carbocycles. The summed E-state index contributed by atoms with van der Waals surface area (Å²) in [6, 6.07) is 0. The number of hydrogen-bond donors (Lipinski definition) is 0. The van der Waals surface area contributed by atoms with Crippen molar-refractivity contribution < 1.29 is 9.53 Å². The number of hydrogen-bond acceptors (Lipinski definition) is 2. The second-order valence-corrected chi connectivity index (χ2v) is 6.10. The van der Waals surface area contributed by atoms with Gasteiger partial charge >= 0.3 is 5.97 Å². The molecule has 0 amide bonds. The molecule has 0 unspecified atom stereocenters. The van der Waals surface area contributed by atoms with Gasteiger partial charge in [0.25, 0.3) is 0 Å². The molecule has 0 aromatic heterocycles. The molecule has 1 saturated heterocycles. The maximum absolute atomic E-state index is 11.7. The van der Waals surface area contributed by atoms with Gasteiger partial charge in [0.05, 0.1) is 0 Å². The molecule has 92 valence electrons. The number of carbonyl (C=O) groups excluding carboxylic acids is 1. The fourth-order valence-corrected chi connectivity index (χ4v) is 4.04. The minimum absolute atomic E-state index is 0.00838. The van der Waals surface area contributed by atoms with Gasteiger partial charge in [-0.1, -0.05) is 19.1 Å². The molecular weight excluding hydrogens is 212 g/mol. The number of esters is 1. The van der Waals surface area contributed by atoms with Crippen LogP contribution < -0.4 is 0 Å². The molecule has 3 rings (SSSR count). The van der Waals surface area contributed by atoms with Gasteiger partial charge in [-0.15, -0.1) is 0 Å². The lowest BCUT2D eigenvalue weighted by Gasteiger charge is -2.45. The van der Waals surface area contributed by atoms with Crippen LogP contribution in [0, 0.1) is 11.3 Å². The van der Waals surface area contributed by atoms with Crippen molar-refractivity contribution in [3.63, 3.8) is 0 Å². The van der Waals surface area contributed by atoms with Crippen molar-refractivity contribution >= 4 is 5.97 Å². The van der Waals surface area contributed by atoms with Crippen LogP contribution in [0.25, 0.3) is 0 Å². The molecule has 3 atom stereocenters. The second-order valence-electron chi connectivity index (χ2n) is 6.10. The first-order valence-electron chi connectivity index (χ1n) is 6.63. The normalized spacial score (nSPS) is 41.1. The fourth-order valence-electron chi connectivity index (χ4n) is 4.04. The lowest BCUT2D eigenvalue weighted by atomic mass is 9.60. The van der Waals surface area contributed by atoms with Crippen molar-refractivity contribution in [2.75, 3.05) is 0 Å². The Morgan fingerprint density at radius 2 is 2.18 bits per heavy atom. The molecule has 0 radical (unpaired) electrons. The van der Waals surface area contributed by atoms with Crippen LogP contribution in [0.3, 0.4) is 0 Å². The molecule has 3 aliphatic rings. The molecule has 0 spiro atoms. The largest absolute Gasteiger partial charge is 0.454 e. The maximum atomic E-state index is 11.7. The molecule has 2 fully saturated rings. The lowest BCUT2D eigenvalue weighted by molar-refractivity contribution is -0.138. The van der Waals surface area contributed by atoms with Crippen molar-refractivity contribution in [3.8, 4) is 0 Å². The Bertz CT molecular complexity index is 432. The summed E-state index contributed by atoms with van der Waals surface area (Å²) in [6.45, 7) is 8.46. The molecule has 0 N–H and O–H groups in total. The zero-order valence-corrected chi connectivity index (χ0v) is 10.7. The van der Waals surface area contributed by atoms with Crippen LogP contribution in [0.1, 0.15) is 46.0 Å². The Labute approximate surface area is 103 Å². The van der Waals surface area contributed by atoms with E-state index in [1.54, 1.807) is 0 Å². The van der Waals surface area contributed by atoms with Crippen LogP contribution in [0.4, 0.5) is 0 Å². The smallest absolute Gasteiger partial charge is 0.334 e. The van der Waals surface area contributed by atoms with Crippen LogP contribution in [0.15, 0.2) is 23.3 Å². The minimum atomic E-state index is -0.171. The SMILES string of the molecule is C=C1C(=O)O[C@H]2C3=C(C)CCC[C@@]3(C)CC[C@@H]12. The van der Waals surface area contributed by atoms with Gasteiger partial charge in [0.2, 0.25) is 0 Å². The summed E-state index contributed by atoms with van der Waals surface area (Å²) in [6.07, 6.45) is 5.93. The van der Waals surface area contributed by atoms with E-state index in [1.165, 1.54) is 30.4 Å². The van der Waals surface area contributed by atoms with E-state index in [-0.39, 0.29) is 23.4 Å². The predicted molar refractivity (Wildman–Crippen MR) is 66.4 cm³/mol. The molecule has 17 heavy (non-hydrogen) atoms. The topological polar surface area (TPSA) is 26.3 Å². The van der Waals surface area contributed by atoms with Crippen molar-refractivity contribution in [2.24, 2.45) is 11.3 Å². The van der Waals surface area contributed by atoms with Crippen LogP contribution in [-0.2, 0) is 9.53 Å². The van der Waals surface area contributed by atoms with Crippen molar-refractivity contribution in [1.82, 2.24) is 0 Å². The highest BCUT2D eigenvalue weighted by Crippen LogP contribution is 2.55. The standard InChI is InChI=1S/C15H20O2/c1-9-5-4-7-15(3)8-6-11-10(2)14(16)17-13(11)12(9)15/h11,13H,2,4-8H2,1,3H3/t11-,13+,15-/m0/s1. The Morgan fingerprint density at radius 3 is 2.94 bits per heavy atom. The highest BCUT2D eigenvalue weighted by molar-refractivity contribution is 5.91. The van der Waals surface area contributed by atoms with Gasteiger partial charge in [-0.2, -0.15) is 0 Å². The van der Waals surface area contributed by atoms with Gasteiger partial charge in [0.1, 0.15) is 6.10 Å². The zero-order chi connectivity index (χ0) is 12.2. The minimum Gasteiger partial charge on any atom is -0.454 e. The van der Waals surface area contributed by atoms with Crippen molar-refractivity contribution in [1.29, 1.82) is 0 Å². The van der Waals surface area contributed by atoms with Gasteiger partial charge in [-0.05, 0) is 50.0 Å². The Hall–Kier alpha value is -1.05. The van der Waals surface area contributed by atoms with E-state index in [0.717, 1.165) is 12.8 Å². The molecule has 0 aromatic rings. The van der Waals surface area contributed by atoms with Gasteiger partial charge in [0, 0.05) is 11.5 Å². The highest BCUT2D eigenvalue weighted by Gasteiger charge is 2.51. The first-order valence-corrected chi connectivity index (χ1v) is 6.63. The van der Waals surface area contributed by atoms with Gasteiger partial charge in [-0.3, -0.25) is 0 Å². The quantitative estimate of drug-likeness (QED) is 0.363. The first kappa shape index (κ1) is 11.1. The third kappa shape index (κ3) is 1.42. The van der Waals surface area contributed by atoms with E-state index in [0.29, 0.717) is 5.57 Å². The van der Waals surface area contributed by atoms with E-state index in [1.807, 2.05) is 0 Å². The maximum Gasteiger partial charge on any atom is 0.334 e. The number of fused-ring (bicyclic) bond motifs is 3. The summed E-state index contributed by atoms with van der Waals surface area (Å²) in [5.74, 6) is 0.0775. The average Bonchev–Trinajstić information content (AvgIpc) is 2.54. The summed E-state index contributed by atoms with van der Waals surface area (Å²) in [4.78, 5) is 11.7. The first-order chi connectivity index (χ1) is 8.03. The van der Waals surface area contributed by atoms with E-state index < -0.39 is 0 Å². The van der Waals surface area contributed by atoms with Crippen LogP contribution in [0.5, 0.6) is 0 Å². The highest BCUT2D eigenvalue weighted by atomic mass is 16.6. The summed E-state index contributed by atoms with van der Waals surface area (Å²) in [5, 5.41) is 0. The number of ether oxygens (including phenoxy) is 1. The van der Waals surface area contributed by atoms with Gasteiger partial charge in [-0.25, -0.2) is 4.79 Å². The molecule has 2 nitrogen and oxygen atoms in total. The molecular formula is C15H20O2. The van der Waals surface area contributed by atoms with E-state index >= 15 is 0 Å². The van der Waals surface area contributed by atoms with Crippen LogP contribution in [0.2, 0.25) is 0 Å². The number of carbonyl (C=O) groups is 1. The summed E-state index contributed by atoms with van der Waals surface area (Å²) < 4.78 is 5.59. The van der Waals surface area contributed by atoms with E-state index in [9.17, 15) is 4.79 Å².